The summed E-state index contributed by atoms with van der Waals surface area (Å²) in [4.78, 5) is 5.00. The number of rotatable bonds is 6. The molecule has 0 atom stereocenters. The zero-order valence-electron chi connectivity index (χ0n) is 12.9. The van der Waals surface area contributed by atoms with Crippen molar-refractivity contribution in [2.24, 2.45) is 0 Å². The van der Waals surface area contributed by atoms with Gasteiger partial charge in [-0.25, -0.2) is 0 Å². The highest BCUT2D eigenvalue weighted by Crippen LogP contribution is 2.24. The molecule has 0 aliphatic carbocycles. The van der Waals surface area contributed by atoms with E-state index < -0.39 is 0 Å². The molecule has 2 heterocycles. The third-order valence-electron chi connectivity index (χ3n) is 4.46. The van der Waals surface area contributed by atoms with Gasteiger partial charge in [0.15, 0.2) is 0 Å². The van der Waals surface area contributed by atoms with E-state index in [4.69, 9.17) is 4.74 Å². The van der Waals surface area contributed by atoms with Gasteiger partial charge in [-0.15, -0.1) is 0 Å². The minimum absolute atomic E-state index is 0.887. The smallest absolute Gasteiger partial charge is 0.0594 e. The van der Waals surface area contributed by atoms with Gasteiger partial charge in [-0.2, -0.15) is 0 Å². The first-order valence-electron chi connectivity index (χ1n) is 8.27. The van der Waals surface area contributed by atoms with Gasteiger partial charge in [0.05, 0.1) is 13.2 Å². The monoisotopic (exact) mass is 289 g/mol. The lowest BCUT2D eigenvalue weighted by Crippen LogP contribution is -2.40. The molecule has 2 fully saturated rings. The van der Waals surface area contributed by atoms with Crippen molar-refractivity contribution in [3.05, 3.63) is 29.8 Å². The van der Waals surface area contributed by atoms with Crippen LogP contribution in [0.25, 0.3) is 0 Å². The van der Waals surface area contributed by atoms with Crippen LogP contribution < -0.4 is 10.2 Å². The van der Waals surface area contributed by atoms with Crippen LogP contribution in [0.2, 0.25) is 0 Å². The molecule has 0 aromatic heterocycles. The van der Waals surface area contributed by atoms with E-state index in [1.54, 1.807) is 0 Å². The highest BCUT2D eigenvalue weighted by Gasteiger charge is 2.15. The molecule has 1 N–H and O–H groups in total. The SMILES string of the molecule is c1ccc(N2CCCC2)c(CNCCN2CCOCC2)c1. The fourth-order valence-electron chi connectivity index (χ4n) is 3.21. The van der Waals surface area contributed by atoms with E-state index >= 15 is 0 Å². The van der Waals surface area contributed by atoms with Crippen molar-refractivity contribution in [3.63, 3.8) is 0 Å². The maximum Gasteiger partial charge on any atom is 0.0594 e. The minimum Gasteiger partial charge on any atom is -0.379 e. The lowest BCUT2D eigenvalue weighted by atomic mass is 10.1. The van der Waals surface area contributed by atoms with Crippen LogP contribution in [0, 0.1) is 0 Å². The Balaban J connectivity index is 1.46. The molecule has 4 heteroatoms. The number of anilines is 1. The number of hydrogen-bond acceptors (Lipinski definition) is 4. The Morgan fingerprint density at radius 2 is 1.76 bits per heavy atom. The van der Waals surface area contributed by atoms with Gasteiger partial charge in [0.1, 0.15) is 0 Å². The first-order valence-corrected chi connectivity index (χ1v) is 8.27. The summed E-state index contributed by atoms with van der Waals surface area (Å²) < 4.78 is 5.38. The molecule has 0 saturated carbocycles. The molecular weight excluding hydrogens is 262 g/mol. The summed E-state index contributed by atoms with van der Waals surface area (Å²) in [6.07, 6.45) is 2.66. The number of benzene rings is 1. The third-order valence-corrected chi connectivity index (χ3v) is 4.46. The summed E-state index contributed by atoms with van der Waals surface area (Å²) in [7, 11) is 0. The summed E-state index contributed by atoms with van der Waals surface area (Å²) in [5, 5.41) is 3.60. The van der Waals surface area contributed by atoms with Gasteiger partial charge in [0.25, 0.3) is 0 Å². The Labute approximate surface area is 128 Å². The molecule has 0 spiro atoms. The molecule has 0 amide bonds. The van der Waals surface area contributed by atoms with Crippen molar-refractivity contribution in [1.29, 1.82) is 0 Å². The molecule has 0 radical (unpaired) electrons. The van der Waals surface area contributed by atoms with Gasteiger partial charge < -0.3 is 15.0 Å². The molecule has 1 aromatic carbocycles. The maximum atomic E-state index is 5.38. The first-order chi connectivity index (χ1) is 10.4. The standard InChI is InChI=1S/C17H27N3O/c1-2-6-17(20-8-3-4-9-20)16(5-1)15-18-7-10-19-11-13-21-14-12-19/h1-2,5-6,18H,3-4,7-15H2. The normalized spacial score (nSPS) is 20.1. The van der Waals surface area contributed by atoms with Crippen molar-refractivity contribution < 1.29 is 4.74 Å². The van der Waals surface area contributed by atoms with E-state index in [1.165, 1.54) is 37.2 Å². The zero-order valence-corrected chi connectivity index (χ0v) is 12.9. The molecule has 2 aliphatic rings. The first kappa shape index (κ1) is 14.8. The van der Waals surface area contributed by atoms with E-state index in [-0.39, 0.29) is 0 Å². The third kappa shape index (κ3) is 4.19. The van der Waals surface area contributed by atoms with E-state index in [0.717, 1.165) is 45.9 Å². The topological polar surface area (TPSA) is 27.7 Å². The zero-order chi connectivity index (χ0) is 14.3. The van der Waals surface area contributed by atoms with Crippen LogP contribution in [-0.2, 0) is 11.3 Å². The molecule has 1 aromatic rings. The second-order valence-electron chi connectivity index (χ2n) is 5.95. The quantitative estimate of drug-likeness (QED) is 0.807. The highest BCUT2D eigenvalue weighted by atomic mass is 16.5. The fraction of sp³-hybridized carbons (Fsp3) is 0.647. The van der Waals surface area contributed by atoms with Gasteiger partial charge >= 0.3 is 0 Å². The summed E-state index contributed by atoms with van der Waals surface area (Å²) in [5.74, 6) is 0. The average molecular weight is 289 g/mol. The molecule has 0 bridgehead atoms. The van der Waals surface area contributed by atoms with Crippen molar-refractivity contribution in [2.45, 2.75) is 19.4 Å². The van der Waals surface area contributed by atoms with Gasteiger partial charge in [0, 0.05) is 51.5 Å². The summed E-state index contributed by atoms with van der Waals surface area (Å²) in [5.41, 5.74) is 2.86. The lowest BCUT2D eigenvalue weighted by Gasteiger charge is -2.26. The largest absolute Gasteiger partial charge is 0.379 e. The van der Waals surface area contributed by atoms with E-state index in [1.807, 2.05) is 0 Å². The summed E-state index contributed by atoms with van der Waals surface area (Å²) in [6, 6.07) is 8.84. The predicted molar refractivity (Wildman–Crippen MR) is 86.9 cm³/mol. The number of para-hydroxylation sites is 1. The molecule has 2 saturated heterocycles. The molecule has 4 nitrogen and oxygen atoms in total. The summed E-state index contributed by atoms with van der Waals surface area (Å²) >= 11 is 0. The van der Waals surface area contributed by atoms with Crippen molar-refractivity contribution >= 4 is 5.69 Å². The Hall–Kier alpha value is -1.10. The number of nitrogens with zero attached hydrogens (tertiary/aromatic N) is 2. The predicted octanol–water partition coefficient (Wildman–Crippen LogP) is 1.71. The molecule has 21 heavy (non-hydrogen) atoms. The molecule has 116 valence electrons. The average Bonchev–Trinajstić information content (AvgIpc) is 3.07. The van der Waals surface area contributed by atoms with Gasteiger partial charge in [-0.1, -0.05) is 18.2 Å². The van der Waals surface area contributed by atoms with Crippen LogP contribution in [0.1, 0.15) is 18.4 Å². The second kappa shape index (κ2) is 7.78. The highest BCUT2D eigenvalue weighted by molar-refractivity contribution is 5.54. The van der Waals surface area contributed by atoms with E-state index in [0.29, 0.717) is 0 Å². The second-order valence-corrected chi connectivity index (χ2v) is 5.95. The number of hydrogen-bond donors (Lipinski definition) is 1. The number of morpholine rings is 1. The molecule has 0 unspecified atom stereocenters. The Kier molecular flexibility index (Phi) is 5.49. The van der Waals surface area contributed by atoms with Crippen LogP contribution in [0.4, 0.5) is 5.69 Å². The summed E-state index contributed by atoms with van der Waals surface area (Å²) in [6.45, 7) is 9.49. The Morgan fingerprint density at radius 3 is 2.57 bits per heavy atom. The van der Waals surface area contributed by atoms with Crippen molar-refractivity contribution in [2.75, 3.05) is 57.4 Å². The Morgan fingerprint density at radius 1 is 1.00 bits per heavy atom. The van der Waals surface area contributed by atoms with Crippen LogP contribution in [0.15, 0.2) is 24.3 Å². The van der Waals surface area contributed by atoms with Gasteiger partial charge in [-0.3, -0.25) is 4.90 Å². The van der Waals surface area contributed by atoms with Crippen LogP contribution in [0.5, 0.6) is 0 Å². The fourth-order valence-corrected chi connectivity index (χ4v) is 3.21. The Bertz CT molecular complexity index is 426. The maximum absolute atomic E-state index is 5.38. The van der Waals surface area contributed by atoms with Gasteiger partial charge in [0.2, 0.25) is 0 Å². The van der Waals surface area contributed by atoms with Crippen LogP contribution in [-0.4, -0.2) is 57.4 Å². The molecule has 3 rings (SSSR count). The van der Waals surface area contributed by atoms with Crippen LogP contribution >= 0.6 is 0 Å². The van der Waals surface area contributed by atoms with Gasteiger partial charge in [-0.05, 0) is 24.5 Å². The molecular formula is C17H27N3O. The molecule has 2 aliphatic heterocycles. The number of nitrogens with one attached hydrogen (secondary N) is 1. The van der Waals surface area contributed by atoms with E-state index in [2.05, 4.69) is 39.4 Å². The van der Waals surface area contributed by atoms with Crippen molar-refractivity contribution in [1.82, 2.24) is 10.2 Å². The van der Waals surface area contributed by atoms with Crippen LogP contribution in [0.3, 0.4) is 0 Å². The number of ether oxygens (including phenoxy) is 1. The minimum atomic E-state index is 0.887. The van der Waals surface area contributed by atoms with Crippen molar-refractivity contribution in [3.8, 4) is 0 Å². The van der Waals surface area contributed by atoms with E-state index in [9.17, 15) is 0 Å². The lowest BCUT2D eigenvalue weighted by molar-refractivity contribution is 0.0384.